The quantitative estimate of drug-likeness (QED) is 0.158. The number of hydrogen-bond acceptors (Lipinski definition) is 0. The first-order valence-corrected chi connectivity index (χ1v) is 17.0. The van der Waals surface area contributed by atoms with Crippen molar-refractivity contribution in [3.05, 3.63) is 153 Å². The van der Waals surface area contributed by atoms with Gasteiger partial charge in [-0.05, 0) is 18.9 Å². The van der Waals surface area contributed by atoms with Crippen molar-refractivity contribution in [2.24, 2.45) is 11.3 Å². The smallest absolute Gasteiger partial charge is 1.00 e. The van der Waals surface area contributed by atoms with Gasteiger partial charge in [-0.2, -0.15) is 35.4 Å². The Morgan fingerprint density at radius 3 is 1.66 bits per heavy atom. The van der Waals surface area contributed by atoms with Crippen LogP contribution in [0.1, 0.15) is 78.6 Å². The van der Waals surface area contributed by atoms with Crippen molar-refractivity contribution in [3.63, 3.8) is 0 Å². The van der Waals surface area contributed by atoms with Gasteiger partial charge in [-0.15, -0.1) is 11.1 Å². The molecule has 0 spiro atoms. The summed E-state index contributed by atoms with van der Waals surface area (Å²) in [7, 11) is 0. The standard InChI is InChI=1S/C15H8F6.C15H13.C11H17.2ClH.Zr/c16-14(17,18)12-5-1-10(2-6-12)9-11-3-7-13(8-4-11)15(19,20)21;1-10-3-5-14-12(7-10)9-13-8-11(2)4-6-15(13)14;1-5-9-6-7-10(8-9)11(2,3)4;;;/h1-8H;3-7H,9H2,1-2H3;7-9H,5H2,1-4H3;2*1H;/q;2*-1;;;+2/p-2. The van der Waals surface area contributed by atoms with Gasteiger partial charge < -0.3 is 24.8 Å². The Bertz CT molecular complexity index is 1700. The van der Waals surface area contributed by atoms with Crippen LogP contribution in [0.2, 0.25) is 0 Å². The number of rotatable bonds is 3. The van der Waals surface area contributed by atoms with Crippen molar-refractivity contribution in [2.45, 2.75) is 66.7 Å². The Morgan fingerprint density at radius 1 is 0.740 bits per heavy atom. The molecule has 9 heteroatoms. The fourth-order valence-electron chi connectivity index (χ4n) is 5.40. The van der Waals surface area contributed by atoms with Crippen molar-refractivity contribution in [3.8, 4) is 11.1 Å². The van der Waals surface area contributed by atoms with Crippen LogP contribution >= 0.6 is 0 Å². The summed E-state index contributed by atoms with van der Waals surface area (Å²) in [4.78, 5) is 0. The number of aryl methyl sites for hydroxylation is 2. The number of benzene rings is 4. The van der Waals surface area contributed by atoms with Crippen molar-refractivity contribution < 1.29 is 75.4 Å². The van der Waals surface area contributed by atoms with Gasteiger partial charge in [0.1, 0.15) is 0 Å². The van der Waals surface area contributed by atoms with Gasteiger partial charge in [0.25, 0.3) is 0 Å². The molecule has 264 valence electrons. The van der Waals surface area contributed by atoms with Crippen molar-refractivity contribution in [1.29, 1.82) is 0 Å². The van der Waals surface area contributed by atoms with Gasteiger partial charge >= 0.3 is 137 Å². The maximum atomic E-state index is 12.5. The Hall–Kier alpha value is -2.73. The fourth-order valence-corrected chi connectivity index (χ4v) is 6.22. The minimum Gasteiger partial charge on any atom is -1.00 e. The largest absolute Gasteiger partial charge is 1.00 e. The van der Waals surface area contributed by atoms with E-state index in [1.165, 1.54) is 69.6 Å². The molecule has 4 aromatic carbocycles. The molecule has 2 aliphatic carbocycles. The van der Waals surface area contributed by atoms with Crippen molar-refractivity contribution >= 4 is 3.21 Å². The minimum absolute atomic E-state index is 0. The second-order valence-corrected chi connectivity index (χ2v) is 14.3. The Morgan fingerprint density at radius 2 is 1.24 bits per heavy atom. The molecule has 0 bridgehead atoms. The molecule has 4 aromatic rings. The van der Waals surface area contributed by atoms with Gasteiger partial charge in [0, 0.05) is 0 Å². The van der Waals surface area contributed by atoms with Crippen LogP contribution in [0.25, 0.3) is 11.1 Å². The van der Waals surface area contributed by atoms with Crippen LogP contribution in [0, 0.1) is 37.3 Å². The molecule has 6 rings (SSSR count). The van der Waals surface area contributed by atoms with Crippen LogP contribution in [0.3, 0.4) is 0 Å². The molecule has 0 radical (unpaired) electrons. The molecule has 0 fully saturated rings. The van der Waals surface area contributed by atoms with E-state index in [1.54, 1.807) is 0 Å². The normalized spacial score (nSPS) is 14.4. The zero-order valence-corrected chi connectivity index (χ0v) is 32.6. The van der Waals surface area contributed by atoms with Crippen molar-refractivity contribution in [2.75, 3.05) is 0 Å². The zero-order chi connectivity index (χ0) is 35.4. The van der Waals surface area contributed by atoms with Gasteiger partial charge in [-0.25, -0.2) is 6.08 Å². The predicted octanol–water partition coefficient (Wildman–Crippen LogP) is 5.88. The monoisotopic (exact) mass is 804 g/mol. The van der Waals surface area contributed by atoms with E-state index >= 15 is 0 Å². The fraction of sp³-hybridized carbons (Fsp3) is 0.293. The second kappa shape index (κ2) is 17.7. The first-order valence-electron chi connectivity index (χ1n) is 15.7. The Balaban J connectivity index is 0.000000270. The first kappa shape index (κ1) is 43.4. The molecule has 0 aromatic heterocycles. The van der Waals surface area contributed by atoms with Crippen LogP contribution in [-0.2, 0) is 43.0 Å². The van der Waals surface area contributed by atoms with E-state index in [1.807, 2.05) is 0 Å². The van der Waals surface area contributed by atoms with Crippen molar-refractivity contribution in [1.82, 2.24) is 0 Å². The molecule has 0 nitrogen and oxygen atoms in total. The third-order valence-electron chi connectivity index (χ3n) is 8.23. The number of allylic oxidation sites excluding steroid dienone is 4. The molecule has 0 heterocycles. The zero-order valence-electron chi connectivity index (χ0n) is 28.7. The topological polar surface area (TPSA) is 0 Å². The third kappa shape index (κ3) is 11.4. The van der Waals surface area contributed by atoms with Gasteiger partial charge in [-0.3, -0.25) is 6.08 Å². The summed E-state index contributed by atoms with van der Waals surface area (Å²) in [5, 5.41) is 0. The van der Waals surface area contributed by atoms with Gasteiger partial charge in [0.05, 0.1) is 0 Å². The molecular formula is C41H38Cl2F6Zr-2. The molecule has 0 saturated carbocycles. The average Bonchev–Trinajstić information content (AvgIpc) is 3.65. The Labute approximate surface area is 319 Å². The summed E-state index contributed by atoms with van der Waals surface area (Å²) in [6.07, 6.45) is 1.23. The molecule has 1 unspecified atom stereocenters. The number of fused-ring (bicyclic) bond motifs is 3. The summed E-state index contributed by atoms with van der Waals surface area (Å²) in [6, 6.07) is 23.7. The average molecular weight is 807 g/mol. The van der Waals surface area contributed by atoms with E-state index in [0.29, 0.717) is 25.7 Å². The summed E-state index contributed by atoms with van der Waals surface area (Å²) in [6.45, 7) is 13.2. The molecule has 2 aliphatic rings. The number of halogens is 8. The minimum atomic E-state index is -4.41. The summed E-state index contributed by atoms with van der Waals surface area (Å²) in [5.74, 6) is 0.573. The van der Waals surface area contributed by atoms with E-state index in [-0.39, 0.29) is 24.8 Å². The summed E-state index contributed by atoms with van der Waals surface area (Å²) in [5.41, 5.74) is 9.50. The second-order valence-electron chi connectivity index (χ2n) is 13.1. The Kier molecular flexibility index (Phi) is 15.3. The molecule has 1 atom stereocenters. The SMILES string of the molecule is CCC1[C-]=CC(C(C)(C)C)=C1.Cc1[c-]c2c(cc1)-c1ccc(C)cc1C2.FC(F)(F)c1ccc([C](=[Zr+2])c2ccc(C(F)(F)F)cc2)cc1.[Cl-].[Cl-]. The van der Waals surface area contributed by atoms with E-state index in [9.17, 15) is 26.3 Å². The molecule has 0 N–H and O–H groups in total. The van der Waals surface area contributed by atoms with Crippen LogP contribution in [0.4, 0.5) is 26.3 Å². The van der Waals surface area contributed by atoms with E-state index in [0.717, 1.165) is 54.9 Å². The van der Waals surface area contributed by atoms with Crippen LogP contribution in [-0.4, -0.2) is 3.21 Å². The third-order valence-corrected chi connectivity index (χ3v) is 9.65. The maximum absolute atomic E-state index is 12.5. The van der Waals surface area contributed by atoms with Crippen LogP contribution in [0.15, 0.2) is 96.6 Å². The van der Waals surface area contributed by atoms with Crippen LogP contribution in [0.5, 0.6) is 0 Å². The van der Waals surface area contributed by atoms with Crippen LogP contribution < -0.4 is 24.8 Å². The molecule has 0 aliphatic heterocycles. The molecule has 0 amide bonds. The van der Waals surface area contributed by atoms with Gasteiger partial charge in [0.2, 0.25) is 0 Å². The number of hydrogen-bond donors (Lipinski definition) is 0. The molecule has 0 saturated heterocycles. The maximum Gasteiger partial charge on any atom is -1.00 e. The first-order chi connectivity index (χ1) is 22.4. The summed E-state index contributed by atoms with van der Waals surface area (Å²) >= 11 is 0.898. The predicted molar refractivity (Wildman–Crippen MR) is 178 cm³/mol. The molecular weight excluding hydrogens is 769 g/mol. The van der Waals surface area contributed by atoms with E-state index in [4.69, 9.17) is 0 Å². The van der Waals surface area contributed by atoms with E-state index < -0.39 is 23.5 Å². The molecule has 50 heavy (non-hydrogen) atoms. The van der Waals surface area contributed by atoms with Gasteiger partial charge in [-0.1, -0.05) is 81.7 Å². The van der Waals surface area contributed by atoms with Gasteiger partial charge in [0.15, 0.2) is 0 Å². The summed E-state index contributed by atoms with van der Waals surface area (Å²) < 4.78 is 75.6. The van der Waals surface area contributed by atoms with E-state index in [2.05, 4.69) is 96.2 Å². The number of alkyl halides is 6.